The van der Waals surface area contributed by atoms with Crippen molar-refractivity contribution in [3.8, 4) is 0 Å². The van der Waals surface area contributed by atoms with E-state index in [9.17, 15) is 0 Å². The van der Waals surface area contributed by atoms with E-state index in [-0.39, 0.29) is 138 Å². The molecule has 0 aliphatic heterocycles. The van der Waals surface area contributed by atoms with Gasteiger partial charge in [0, 0.05) is 138 Å². The molecule has 0 aromatic heterocycles. The number of hydrogen-bond donors (Lipinski definition) is 0. The van der Waals surface area contributed by atoms with Crippen molar-refractivity contribution < 1.29 is 85.3 Å². The van der Waals surface area contributed by atoms with Gasteiger partial charge in [0.25, 0.3) is 0 Å². The summed E-state index contributed by atoms with van der Waals surface area (Å²) in [4.78, 5) is 0. The molecule has 0 aliphatic rings. The van der Waals surface area contributed by atoms with E-state index in [1.165, 1.54) is 0 Å². The Morgan fingerprint density at radius 2 is 0.250 bits per heavy atom. The zero-order chi connectivity index (χ0) is 0. The first kappa shape index (κ1) is 86.3. The maximum absolute atomic E-state index is 0. The van der Waals surface area contributed by atoms with Crippen molar-refractivity contribution in [2.24, 2.45) is 0 Å². The van der Waals surface area contributed by atoms with Gasteiger partial charge in [0.15, 0.2) is 0 Å². The molecular weight excluding hydrogens is 536 g/mol. The van der Waals surface area contributed by atoms with E-state index in [2.05, 4.69) is 0 Å². The molecule has 0 saturated heterocycles. The van der Waals surface area contributed by atoms with E-state index in [0.717, 1.165) is 0 Å². The van der Waals surface area contributed by atoms with E-state index in [4.69, 9.17) is 0 Å². The van der Waals surface area contributed by atoms with Gasteiger partial charge in [0.2, 0.25) is 0 Å². The smallest absolute Gasteiger partial charge is 0 e. The van der Waals surface area contributed by atoms with Gasteiger partial charge in [-0.1, -0.05) is 0 Å². The van der Waals surface area contributed by atoms with Crippen LogP contribution in [0.5, 0.6) is 0 Å². The maximum atomic E-state index is 0. The zero-order valence-corrected chi connectivity index (χ0v) is 14.0. The standard InChI is InChI=1S/5Cu.3Ge. The summed E-state index contributed by atoms with van der Waals surface area (Å²) in [6.07, 6.45) is 0. The Bertz CT molecular complexity index is 7.64. The fraction of sp³-hybridized carbons (Fsp3) is 0. The normalized spacial score (nSPS) is 0. The predicted molar refractivity (Wildman–Crippen MR) is 17.3 cm³/mol. The van der Waals surface area contributed by atoms with Gasteiger partial charge < -0.3 is 0 Å². The van der Waals surface area contributed by atoms with E-state index in [0.29, 0.717) is 0 Å². The van der Waals surface area contributed by atoms with Crippen LogP contribution in [0.15, 0.2) is 0 Å². The fourth-order valence-electron chi connectivity index (χ4n) is 0. The van der Waals surface area contributed by atoms with Crippen LogP contribution in [0.2, 0.25) is 0 Å². The molecule has 0 aromatic carbocycles. The summed E-state index contributed by atoms with van der Waals surface area (Å²) >= 11 is 0. The molecule has 0 aliphatic carbocycles. The van der Waals surface area contributed by atoms with Crippen molar-refractivity contribution in [2.75, 3.05) is 0 Å². The molecular formula is Cu5Ge3. The third kappa shape index (κ3) is 48.7. The van der Waals surface area contributed by atoms with Crippen LogP contribution in [-0.4, -0.2) is 52.8 Å². The van der Waals surface area contributed by atoms with Gasteiger partial charge in [-0.2, -0.15) is 0 Å². The Hall–Kier alpha value is 4.23. The molecule has 67 valence electrons. The van der Waals surface area contributed by atoms with Crippen LogP contribution in [0.1, 0.15) is 0 Å². The SMILES string of the molecule is [Cu].[Cu].[Cu].[Cu].[Cu].[Ge].[Ge].[Ge]. The predicted octanol–water partition coefficient (Wildman–Crippen LogP) is -1.15. The largest absolute Gasteiger partial charge is 0 e. The molecule has 0 atom stereocenters. The Morgan fingerprint density at radius 1 is 0.250 bits per heavy atom. The van der Waals surface area contributed by atoms with Gasteiger partial charge >= 0.3 is 0 Å². The van der Waals surface area contributed by atoms with Crippen molar-refractivity contribution in [3.05, 3.63) is 0 Å². The Balaban J connectivity index is 0. The first-order chi connectivity index (χ1) is 0. The average Bonchev–Trinajstić information content (AvgIpc) is 0. The Labute approximate surface area is 136 Å². The van der Waals surface area contributed by atoms with Gasteiger partial charge in [-0.05, 0) is 0 Å². The first-order valence-electron chi connectivity index (χ1n) is 0. The van der Waals surface area contributed by atoms with Gasteiger partial charge in [-0.15, -0.1) is 0 Å². The van der Waals surface area contributed by atoms with Crippen LogP contribution in [-0.2, 0) is 85.3 Å². The third-order valence-electron chi connectivity index (χ3n) is 0. The fourth-order valence-corrected chi connectivity index (χ4v) is 0. The van der Waals surface area contributed by atoms with Crippen LogP contribution in [0.3, 0.4) is 0 Å². The summed E-state index contributed by atoms with van der Waals surface area (Å²) in [5.41, 5.74) is 0. The van der Waals surface area contributed by atoms with Crippen LogP contribution < -0.4 is 0 Å². The molecule has 0 aromatic rings. The van der Waals surface area contributed by atoms with Crippen molar-refractivity contribution in [2.45, 2.75) is 0 Å². The Morgan fingerprint density at radius 3 is 0.250 bits per heavy atom. The molecule has 0 heterocycles. The van der Waals surface area contributed by atoms with Crippen LogP contribution in [0.4, 0.5) is 0 Å². The summed E-state index contributed by atoms with van der Waals surface area (Å²) in [5, 5.41) is 0. The van der Waals surface area contributed by atoms with Crippen molar-refractivity contribution in [1.29, 1.82) is 0 Å². The van der Waals surface area contributed by atoms with E-state index < -0.39 is 0 Å². The summed E-state index contributed by atoms with van der Waals surface area (Å²) in [5.74, 6) is 0. The Kier molecular flexibility index (Phi) is 709. The molecule has 8 heavy (non-hydrogen) atoms. The zero-order valence-electron chi connectivity index (χ0n) is 3.01. The third-order valence-corrected chi connectivity index (χ3v) is 0. The molecule has 8 heteroatoms. The minimum Gasteiger partial charge on any atom is 0 e. The van der Waals surface area contributed by atoms with E-state index in [1.54, 1.807) is 0 Å². The molecule has 0 unspecified atom stereocenters. The number of rotatable bonds is 0. The minimum atomic E-state index is 0. The van der Waals surface area contributed by atoms with Crippen LogP contribution >= 0.6 is 0 Å². The van der Waals surface area contributed by atoms with Crippen molar-refractivity contribution >= 4 is 52.8 Å². The summed E-state index contributed by atoms with van der Waals surface area (Å²) in [6, 6.07) is 0. The molecule has 0 saturated carbocycles. The summed E-state index contributed by atoms with van der Waals surface area (Å²) in [6.45, 7) is 0. The molecule has 0 nitrogen and oxygen atoms in total. The molecule has 0 rings (SSSR count). The van der Waals surface area contributed by atoms with Crippen LogP contribution in [0.25, 0.3) is 0 Å². The number of hydrogen-bond acceptors (Lipinski definition) is 0. The second-order valence-electron chi connectivity index (χ2n) is 0. The van der Waals surface area contributed by atoms with Gasteiger partial charge in [-0.3, -0.25) is 0 Å². The van der Waals surface area contributed by atoms with E-state index >= 15 is 0 Å². The summed E-state index contributed by atoms with van der Waals surface area (Å²) < 4.78 is 0. The molecule has 0 spiro atoms. The molecule has 0 fully saturated rings. The summed E-state index contributed by atoms with van der Waals surface area (Å²) in [7, 11) is 0. The van der Waals surface area contributed by atoms with Crippen LogP contribution in [0, 0.1) is 0 Å². The average molecular weight is 536 g/mol. The molecule has 0 bridgehead atoms. The minimum absolute atomic E-state index is 0. The van der Waals surface area contributed by atoms with Gasteiger partial charge in [0.05, 0.1) is 0 Å². The molecule has 0 amide bonds. The van der Waals surface area contributed by atoms with Crippen molar-refractivity contribution in [3.63, 3.8) is 0 Å². The van der Waals surface area contributed by atoms with E-state index in [1.807, 2.05) is 0 Å². The second-order valence-corrected chi connectivity index (χ2v) is 0. The first-order valence-corrected chi connectivity index (χ1v) is 0. The van der Waals surface area contributed by atoms with Gasteiger partial charge in [-0.25, -0.2) is 0 Å². The quantitative estimate of drug-likeness (QED) is 0.344. The molecule has 17 radical (unpaired) electrons. The monoisotopic (exact) mass is 536 g/mol. The molecule has 0 N–H and O–H groups in total. The topological polar surface area (TPSA) is 0 Å². The maximum Gasteiger partial charge on any atom is 0 e. The second kappa shape index (κ2) is 65.7. The van der Waals surface area contributed by atoms with Crippen molar-refractivity contribution in [1.82, 2.24) is 0 Å². The van der Waals surface area contributed by atoms with Gasteiger partial charge in [0.1, 0.15) is 0 Å².